The summed E-state index contributed by atoms with van der Waals surface area (Å²) in [4.78, 5) is 40.4. The largest absolute Gasteiger partial charge is 0.343 e. The molecule has 11 heteroatoms. The van der Waals surface area contributed by atoms with Gasteiger partial charge in [0, 0.05) is 18.8 Å². The first-order chi connectivity index (χ1) is 20.0. The van der Waals surface area contributed by atoms with E-state index in [1.54, 1.807) is 32.0 Å². The highest BCUT2D eigenvalue weighted by molar-refractivity contribution is 7.90. The Morgan fingerprint density at radius 1 is 0.810 bits per heavy atom. The Morgan fingerprint density at radius 3 is 2.05 bits per heavy atom. The van der Waals surface area contributed by atoms with Crippen LogP contribution in [0.3, 0.4) is 0 Å². The molecule has 0 aliphatic carbocycles. The van der Waals surface area contributed by atoms with Crippen molar-refractivity contribution < 1.29 is 31.6 Å². The van der Waals surface area contributed by atoms with Gasteiger partial charge in [0.15, 0.2) is 0 Å². The maximum Gasteiger partial charge on any atom is 0.264 e. The molecule has 0 aromatic heterocycles. The maximum atomic E-state index is 14.0. The van der Waals surface area contributed by atoms with Crippen LogP contribution in [0.4, 0.5) is 14.5 Å². The molecule has 1 atom stereocenters. The van der Waals surface area contributed by atoms with Crippen molar-refractivity contribution in [3.8, 4) is 0 Å². The monoisotopic (exact) mass is 593 g/mol. The fourth-order valence-electron chi connectivity index (χ4n) is 4.51. The first kappa shape index (κ1) is 30.3. The van der Waals surface area contributed by atoms with Gasteiger partial charge in [-0.2, -0.15) is 0 Å². The zero-order valence-electron chi connectivity index (χ0n) is 22.9. The molecule has 0 spiro atoms. The molecule has 0 heterocycles. The van der Waals surface area contributed by atoms with Crippen LogP contribution in [0.5, 0.6) is 0 Å². The van der Waals surface area contributed by atoms with Gasteiger partial charge in [0.05, 0.1) is 4.90 Å². The second-order valence-corrected chi connectivity index (χ2v) is 11.2. The van der Waals surface area contributed by atoms with Crippen molar-refractivity contribution in [2.24, 2.45) is 5.92 Å². The molecule has 0 saturated carbocycles. The summed E-state index contributed by atoms with van der Waals surface area (Å²) in [5.41, 5.74) is -0.00839. The summed E-state index contributed by atoms with van der Waals surface area (Å²) in [7, 11) is -4.29. The number of halogens is 2. The summed E-state index contributed by atoms with van der Waals surface area (Å²) >= 11 is 0. The molecule has 2 N–H and O–H groups in total. The number of anilines is 1. The molecule has 42 heavy (non-hydrogen) atoms. The predicted molar refractivity (Wildman–Crippen MR) is 155 cm³/mol. The first-order valence-corrected chi connectivity index (χ1v) is 14.7. The summed E-state index contributed by atoms with van der Waals surface area (Å²) in [5, 5.41) is 3.92. The van der Waals surface area contributed by atoms with Gasteiger partial charge in [0.25, 0.3) is 15.9 Å². The van der Waals surface area contributed by atoms with Gasteiger partial charge in [-0.1, -0.05) is 48.5 Å². The van der Waals surface area contributed by atoms with Gasteiger partial charge >= 0.3 is 0 Å². The number of sulfonamides is 1. The molecule has 4 aromatic rings. The van der Waals surface area contributed by atoms with E-state index in [1.807, 2.05) is 12.1 Å². The first-order valence-electron chi connectivity index (χ1n) is 13.2. The number of carbonyl (C=O) groups is 3. The maximum absolute atomic E-state index is 14.0. The number of nitrogens with zero attached hydrogens (tertiary/aromatic N) is 1. The van der Waals surface area contributed by atoms with Crippen LogP contribution in [0, 0.1) is 17.6 Å². The van der Waals surface area contributed by atoms with E-state index >= 15 is 0 Å². The van der Waals surface area contributed by atoms with E-state index in [2.05, 4.69) is 10.0 Å². The third kappa shape index (κ3) is 6.80. The van der Waals surface area contributed by atoms with Gasteiger partial charge in [0.2, 0.25) is 11.8 Å². The highest BCUT2D eigenvalue weighted by Crippen LogP contribution is 2.21. The van der Waals surface area contributed by atoms with E-state index in [0.29, 0.717) is 24.0 Å². The molecule has 0 aliphatic heterocycles. The normalized spacial score (nSPS) is 12.0. The average Bonchev–Trinajstić information content (AvgIpc) is 2.96. The lowest BCUT2D eigenvalue weighted by Gasteiger charge is -2.25. The van der Waals surface area contributed by atoms with Crippen LogP contribution in [-0.4, -0.2) is 44.1 Å². The van der Waals surface area contributed by atoms with E-state index in [1.165, 1.54) is 41.3 Å². The molecular weight excluding hydrogens is 564 g/mol. The van der Waals surface area contributed by atoms with Gasteiger partial charge in [-0.3, -0.25) is 14.4 Å². The van der Waals surface area contributed by atoms with Gasteiger partial charge in [0.1, 0.15) is 23.1 Å². The molecule has 1 unspecified atom stereocenters. The molecule has 0 radical (unpaired) electrons. The van der Waals surface area contributed by atoms with Crippen molar-refractivity contribution in [1.82, 2.24) is 9.62 Å². The Kier molecular flexibility index (Phi) is 9.31. The van der Waals surface area contributed by atoms with Crippen LogP contribution >= 0.6 is 0 Å². The Hall–Kier alpha value is -4.64. The quantitative estimate of drug-likeness (QED) is 0.254. The molecular formula is C31H29F2N3O5S. The molecule has 0 aliphatic rings. The minimum absolute atomic E-state index is 0.116. The third-order valence-corrected chi connectivity index (χ3v) is 8.14. The van der Waals surface area contributed by atoms with E-state index < -0.39 is 50.9 Å². The Balaban J connectivity index is 1.54. The summed E-state index contributed by atoms with van der Waals surface area (Å²) in [6, 6.07) is 20.7. The number of amides is 3. The third-order valence-electron chi connectivity index (χ3n) is 6.80. The molecule has 4 rings (SSSR count). The topological polar surface area (TPSA) is 113 Å². The van der Waals surface area contributed by atoms with Gasteiger partial charge in [-0.15, -0.1) is 0 Å². The number of rotatable bonds is 10. The van der Waals surface area contributed by atoms with E-state index in [-0.39, 0.29) is 17.0 Å². The summed E-state index contributed by atoms with van der Waals surface area (Å²) in [6.07, 6.45) is -0.134. The van der Waals surface area contributed by atoms with Crippen molar-refractivity contribution in [2.75, 3.05) is 18.4 Å². The summed E-state index contributed by atoms with van der Waals surface area (Å²) in [5.74, 6) is -5.89. The number of nitrogens with one attached hydrogen (secondary N) is 2. The second-order valence-electron chi connectivity index (χ2n) is 9.49. The lowest BCUT2D eigenvalue weighted by atomic mass is 9.97. The van der Waals surface area contributed by atoms with Crippen molar-refractivity contribution >= 4 is 44.2 Å². The molecule has 4 aromatic carbocycles. The smallest absolute Gasteiger partial charge is 0.264 e. The number of fused-ring (bicyclic) bond motifs is 1. The number of benzene rings is 4. The van der Waals surface area contributed by atoms with Crippen molar-refractivity contribution in [3.63, 3.8) is 0 Å². The molecule has 0 fully saturated rings. The second kappa shape index (κ2) is 12.9. The minimum Gasteiger partial charge on any atom is -0.343 e. The number of hydrogen-bond donors (Lipinski definition) is 2. The molecule has 0 bridgehead atoms. The standard InChI is InChI=1S/C31H29F2N3O5S/c1-3-36(4-2)31(39)25(29(37)35-42(40,41)24-17-14-21-8-5-6-9-22(21)19-24)18-20-12-15-23(16-13-20)34-30(38)28-26(32)10-7-11-27(28)33/h5-17,19,25H,3-4,18H2,1-2H3,(H,34,38)(H,35,37). The Labute approximate surface area is 242 Å². The zero-order chi connectivity index (χ0) is 30.4. The number of hydrogen-bond acceptors (Lipinski definition) is 5. The van der Waals surface area contributed by atoms with Crippen LogP contribution in [0.15, 0.2) is 89.8 Å². The van der Waals surface area contributed by atoms with E-state index in [0.717, 1.165) is 23.6 Å². The van der Waals surface area contributed by atoms with Crippen LogP contribution in [0.1, 0.15) is 29.8 Å². The van der Waals surface area contributed by atoms with Crippen LogP contribution < -0.4 is 10.0 Å². The predicted octanol–water partition coefficient (Wildman–Crippen LogP) is 4.90. The Morgan fingerprint density at radius 2 is 1.43 bits per heavy atom. The van der Waals surface area contributed by atoms with Gasteiger partial charge in [-0.05, 0) is 73.0 Å². The molecule has 0 saturated heterocycles. The SMILES string of the molecule is CCN(CC)C(=O)C(Cc1ccc(NC(=O)c2c(F)cccc2F)cc1)C(=O)NS(=O)(=O)c1ccc2ccccc2c1. The van der Waals surface area contributed by atoms with Crippen LogP contribution in [-0.2, 0) is 26.0 Å². The summed E-state index contributed by atoms with van der Waals surface area (Å²) < 4.78 is 56.3. The van der Waals surface area contributed by atoms with E-state index in [4.69, 9.17) is 0 Å². The minimum atomic E-state index is -4.29. The highest BCUT2D eigenvalue weighted by Gasteiger charge is 2.33. The molecule has 3 amide bonds. The summed E-state index contributed by atoms with van der Waals surface area (Å²) in [6.45, 7) is 4.12. The average molecular weight is 594 g/mol. The van der Waals surface area contributed by atoms with Crippen molar-refractivity contribution in [1.29, 1.82) is 0 Å². The van der Waals surface area contributed by atoms with Gasteiger partial charge < -0.3 is 10.2 Å². The Bertz CT molecular complexity index is 1720. The van der Waals surface area contributed by atoms with Crippen molar-refractivity contribution in [3.05, 3.63) is 108 Å². The lowest BCUT2D eigenvalue weighted by Crippen LogP contribution is -2.46. The number of carbonyl (C=O) groups excluding carboxylic acids is 3. The lowest BCUT2D eigenvalue weighted by molar-refractivity contribution is -0.141. The molecule has 218 valence electrons. The highest BCUT2D eigenvalue weighted by atomic mass is 32.2. The fourth-order valence-corrected chi connectivity index (χ4v) is 5.57. The fraction of sp³-hybridized carbons (Fsp3) is 0.194. The van der Waals surface area contributed by atoms with Gasteiger partial charge in [-0.25, -0.2) is 21.9 Å². The van der Waals surface area contributed by atoms with Crippen LogP contribution in [0.2, 0.25) is 0 Å². The van der Waals surface area contributed by atoms with E-state index in [9.17, 15) is 31.6 Å². The van der Waals surface area contributed by atoms with Crippen LogP contribution in [0.25, 0.3) is 10.8 Å². The van der Waals surface area contributed by atoms with Crippen molar-refractivity contribution in [2.45, 2.75) is 25.2 Å². The molecule has 8 nitrogen and oxygen atoms in total. The zero-order valence-corrected chi connectivity index (χ0v) is 23.8.